The van der Waals surface area contributed by atoms with E-state index in [1.54, 1.807) is 17.0 Å². The summed E-state index contributed by atoms with van der Waals surface area (Å²) in [6.07, 6.45) is -3.43. The van der Waals surface area contributed by atoms with Crippen molar-refractivity contribution in [2.75, 3.05) is 18.5 Å². The lowest BCUT2D eigenvalue weighted by atomic mass is 9.97. The molecule has 1 atom stereocenters. The van der Waals surface area contributed by atoms with E-state index in [9.17, 15) is 13.2 Å². The second-order valence-corrected chi connectivity index (χ2v) is 5.29. The van der Waals surface area contributed by atoms with Crippen LogP contribution in [-0.4, -0.2) is 29.1 Å². The number of likely N-dealkylation sites (tertiary alicyclic amines) is 1. The Morgan fingerprint density at radius 1 is 1.45 bits per heavy atom. The number of hydrogen-bond acceptors (Lipinski definition) is 4. The molecule has 1 aromatic rings. The standard InChI is InChI=1S/C12H16ClF3N4/c13-9-3-4-11(19-17)18-10(9)7-20-5-1-2-8(6-20)12(14,15)16/h3-4,8H,1-2,5-7,17H2,(H,18,19). The van der Waals surface area contributed by atoms with Gasteiger partial charge in [0.1, 0.15) is 5.82 Å². The highest BCUT2D eigenvalue weighted by atomic mass is 35.5. The van der Waals surface area contributed by atoms with E-state index in [0.29, 0.717) is 36.0 Å². The molecule has 1 aromatic heterocycles. The molecule has 0 amide bonds. The van der Waals surface area contributed by atoms with Crippen LogP contribution in [0.5, 0.6) is 0 Å². The number of halogens is 4. The number of alkyl halides is 3. The molecule has 8 heteroatoms. The van der Waals surface area contributed by atoms with Gasteiger partial charge in [-0.05, 0) is 31.5 Å². The third-order valence-corrected chi connectivity index (χ3v) is 3.75. The SMILES string of the molecule is NNc1ccc(Cl)c(CN2CCCC(C(F)(F)F)C2)n1. The summed E-state index contributed by atoms with van der Waals surface area (Å²) in [4.78, 5) is 5.91. The molecule has 2 rings (SSSR count). The second kappa shape index (κ2) is 6.15. The van der Waals surface area contributed by atoms with Crippen molar-refractivity contribution >= 4 is 17.4 Å². The fraction of sp³-hybridized carbons (Fsp3) is 0.583. The van der Waals surface area contributed by atoms with Gasteiger partial charge in [-0.2, -0.15) is 13.2 Å². The van der Waals surface area contributed by atoms with Gasteiger partial charge in [0.2, 0.25) is 0 Å². The first-order valence-corrected chi connectivity index (χ1v) is 6.69. The van der Waals surface area contributed by atoms with Crippen LogP contribution in [-0.2, 0) is 6.54 Å². The summed E-state index contributed by atoms with van der Waals surface area (Å²) >= 11 is 6.02. The zero-order valence-corrected chi connectivity index (χ0v) is 11.5. The van der Waals surface area contributed by atoms with Gasteiger partial charge in [0, 0.05) is 13.1 Å². The molecule has 0 spiro atoms. The molecule has 1 unspecified atom stereocenters. The number of hydrazine groups is 1. The van der Waals surface area contributed by atoms with Crippen molar-refractivity contribution in [3.8, 4) is 0 Å². The first kappa shape index (κ1) is 15.3. The van der Waals surface area contributed by atoms with Crippen LogP contribution in [0.2, 0.25) is 5.02 Å². The van der Waals surface area contributed by atoms with E-state index >= 15 is 0 Å². The van der Waals surface area contributed by atoms with Crippen molar-refractivity contribution in [1.82, 2.24) is 9.88 Å². The number of nitrogen functional groups attached to an aromatic ring is 1. The second-order valence-electron chi connectivity index (χ2n) is 4.89. The highest BCUT2D eigenvalue weighted by molar-refractivity contribution is 6.31. The molecule has 1 aliphatic heterocycles. The molecule has 0 aromatic carbocycles. The zero-order valence-electron chi connectivity index (χ0n) is 10.8. The monoisotopic (exact) mass is 308 g/mol. The molecular formula is C12H16ClF3N4. The van der Waals surface area contributed by atoms with Crippen LogP contribution in [0.25, 0.3) is 0 Å². The fourth-order valence-corrected chi connectivity index (χ4v) is 2.52. The van der Waals surface area contributed by atoms with Crippen molar-refractivity contribution in [3.05, 3.63) is 22.8 Å². The van der Waals surface area contributed by atoms with Gasteiger partial charge in [-0.3, -0.25) is 4.90 Å². The molecule has 1 aliphatic rings. The van der Waals surface area contributed by atoms with Gasteiger partial charge in [-0.1, -0.05) is 11.6 Å². The minimum atomic E-state index is -4.14. The third-order valence-electron chi connectivity index (χ3n) is 3.41. The van der Waals surface area contributed by atoms with Crippen molar-refractivity contribution in [2.24, 2.45) is 11.8 Å². The molecule has 0 radical (unpaired) electrons. The Bertz CT molecular complexity index is 467. The number of nitrogens with one attached hydrogen (secondary N) is 1. The van der Waals surface area contributed by atoms with Crippen LogP contribution in [0.3, 0.4) is 0 Å². The number of nitrogens with zero attached hydrogens (tertiary/aromatic N) is 2. The average molecular weight is 309 g/mol. The van der Waals surface area contributed by atoms with Gasteiger partial charge in [0.25, 0.3) is 0 Å². The van der Waals surface area contributed by atoms with Crippen LogP contribution < -0.4 is 11.3 Å². The van der Waals surface area contributed by atoms with Crippen molar-refractivity contribution in [1.29, 1.82) is 0 Å². The summed E-state index contributed by atoms with van der Waals surface area (Å²) in [5.74, 6) is 4.43. The van der Waals surface area contributed by atoms with E-state index < -0.39 is 12.1 Å². The van der Waals surface area contributed by atoms with E-state index in [1.807, 2.05) is 0 Å². The summed E-state index contributed by atoms with van der Waals surface area (Å²) in [7, 11) is 0. The van der Waals surface area contributed by atoms with Gasteiger partial charge >= 0.3 is 6.18 Å². The number of anilines is 1. The van der Waals surface area contributed by atoms with Crippen LogP contribution in [0.15, 0.2) is 12.1 Å². The number of piperidine rings is 1. The summed E-state index contributed by atoms with van der Waals surface area (Å²) in [5, 5.41) is 0.429. The molecule has 112 valence electrons. The maximum Gasteiger partial charge on any atom is 0.393 e. The Balaban J connectivity index is 2.06. The predicted molar refractivity (Wildman–Crippen MR) is 71.1 cm³/mol. The first-order chi connectivity index (χ1) is 9.40. The molecule has 3 N–H and O–H groups in total. The van der Waals surface area contributed by atoms with Crippen molar-refractivity contribution < 1.29 is 13.2 Å². The third kappa shape index (κ3) is 3.74. The normalized spacial score (nSPS) is 20.9. The van der Waals surface area contributed by atoms with Gasteiger partial charge in [0.15, 0.2) is 0 Å². The number of nitrogens with two attached hydrogens (primary N) is 1. The van der Waals surface area contributed by atoms with E-state index in [-0.39, 0.29) is 13.0 Å². The van der Waals surface area contributed by atoms with Gasteiger partial charge in [-0.25, -0.2) is 10.8 Å². The van der Waals surface area contributed by atoms with Crippen LogP contribution in [0.4, 0.5) is 19.0 Å². The average Bonchev–Trinajstić information content (AvgIpc) is 2.41. The Kier molecular flexibility index (Phi) is 4.72. The summed E-state index contributed by atoms with van der Waals surface area (Å²) < 4.78 is 38.3. The summed E-state index contributed by atoms with van der Waals surface area (Å²) in [6, 6.07) is 3.24. The van der Waals surface area contributed by atoms with Crippen LogP contribution in [0, 0.1) is 5.92 Å². The molecule has 2 heterocycles. The van der Waals surface area contributed by atoms with Gasteiger partial charge < -0.3 is 5.43 Å². The Labute approximate surface area is 120 Å². The number of hydrogen-bond donors (Lipinski definition) is 2. The molecule has 20 heavy (non-hydrogen) atoms. The van der Waals surface area contributed by atoms with E-state index in [2.05, 4.69) is 10.4 Å². The lowest BCUT2D eigenvalue weighted by molar-refractivity contribution is -0.187. The Morgan fingerprint density at radius 3 is 2.85 bits per heavy atom. The van der Waals surface area contributed by atoms with Gasteiger partial charge in [0.05, 0.1) is 16.6 Å². The summed E-state index contributed by atoms with van der Waals surface area (Å²) in [6.45, 7) is 0.896. The molecule has 0 bridgehead atoms. The minimum Gasteiger partial charge on any atom is -0.308 e. The summed E-state index contributed by atoms with van der Waals surface area (Å²) in [5.41, 5.74) is 2.93. The number of pyridine rings is 1. The molecule has 0 aliphatic carbocycles. The smallest absolute Gasteiger partial charge is 0.308 e. The molecule has 1 fully saturated rings. The van der Waals surface area contributed by atoms with Crippen molar-refractivity contribution in [3.63, 3.8) is 0 Å². The zero-order chi connectivity index (χ0) is 14.8. The largest absolute Gasteiger partial charge is 0.393 e. The van der Waals surface area contributed by atoms with Crippen LogP contribution >= 0.6 is 11.6 Å². The first-order valence-electron chi connectivity index (χ1n) is 6.31. The van der Waals surface area contributed by atoms with E-state index in [1.165, 1.54) is 0 Å². The van der Waals surface area contributed by atoms with E-state index in [4.69, 9.17) is 17.4 Å². The maximum atomic E-state index is 12.8. The quantitative estimate of drug-likeness (QED) is 0.666. The molecule has 4 nitrogen and oxygen atoms in total. The van der Waals surface area contributed by atoms with Gasteiger partial charge in [-0.15, -0.1) is 0 Å². The predicted octanol–water partition coefficient (Wildman–Crippen LogP) is 2.79. The molecular weight excluding hydrogens is 293 g/mol. The highest BCUT2D eigenvalue weighted by Gasteiger charge is 2.41. The Morgan fingerprint density at radius 2 is 2.20 bits per heavy atom. The highest BCUT2D eigenvalue weighted by Crippen LogP contribution is 2.33. The topological polar surface area (TPSA) is 54.2 Å². The van der Waals surface area contributed by atoms with E-state index in [0.717, 1.165) is 0 Å². The lowest BCUT2D eigenvalue weighted by Gasteiger charge is -2.33. The Hall–Kier alpha value is -1.05. The molecule has 1 saturated heterocycles. The lowest BCUT2D eigenvalue weighted by Crippen LogP contribution is -2.41. The number of rotatable bonds is 3. The maximum absolute atomic E-state index is 12.8. The van der Waals surface area contributed by atoms with Crippen LogP contribution in [0.1, 0.15) is 18.5 Å². The van der Waals surface area contributed by atoms with Crippen molar-refractivity contribution in [2.45, 2.75) is 25.6 Å². The number of aromatic nitrogens is 1. The molecule has 0 saturated carbocycles. The fourth-order valence-electron chi connectivity index (χ4n) is 2.35. The minimum absolute atomic E-state index is 0.0121.